The van der Waals surface area contributed by atoms with Gasteiger partial charge in [-0.05, 0) is 24.6 Å². The van der Waals surface area contributed by atoms with Gasteiger partial charge in [0, 0.05) is 19.2 Å². The Hall–Kier alpha value is -1.43. The molecule has 0 fully saturated rings. The van der Waals surface area contributed by atoms with E-state index in [0.29, 0.717) is 28.2 Å². The number of aromatic nitrogens is 2. The number of hydrogen-bond acceptors (Lipinski definition) is 4. The molecule has 0 aliphatic heterocycles. The van der Waals surface area contributed by atoms with Crippen LogP contribution >= 0.6 is 23.2 Å². The molecule has 1 heterocycles. The Morgan fingerprint density at radius 2 is 2.05 bits per heavy atom. The van der Waals surface area contributed by atoms with Gasteiger partial charge in [0.25, 0.3) is 0 Å². The molecule has 0 unspecified atom stereocenters. The Morgan fingerprint density at radius 1 is 1.33 bits per heavy atom. The molecule has 0 spiro atoms. The van der Waals surface area contributed by atoms with Gasteiger partial charge in [0.1, 0.15) is 11.8 Å². The molecule has 0 aliphatic rings. The van der Waals surface area contributed by atoms with Gasteiger partial charge in [0.05, 0.1) is 17.8 Å². The molecule has 5 nitrogen and oxygen atoms in total. The topological polar surface area (TPSA) is 62.3 Å². The molecule has 0 bridgehead atoms. The van der Waals surface area contributed by atoms with Crippen molar-refractivity contribution < 1.29 is 9.47 Å². The van der Waals surface area contributed by atoms with Crippen LogP contribution in [-0.4, -0.2) is 16.9 Å². The minimum atomic E-state index is 0.260. The highest BCUT2D eigenvalue weighted by Crippen LogP contribution is 2.37. The Morgan fingerprint density at radius 3 is 2.57 bits per heavy atom. The molecule has 0 aliphatic carbocycles. The zero-order valence-electron chi connectivity index (χ0n) is 12.1. The highest BCUT2D eigenvalue weighted by Gasteiger charge is 2.16. The number of methoxy groups -OCH3 is 1. The fourth-order valence-electron chi connectivity index (χ4n) is 2.01. The minimum absolute atomic E-state index is 0.260. The maximum absolute atomic E-state index is 6.23. The predicted octanol–water partition coefficient (Wildman–Crippen LogP) is 3.08. The molecule has 0 saturated heterocycles. The Kier molecular flexibility index (Phi) is 4.98. The van der Waals surface area contributed by atoms with Crippen molar-refractivity contribution in [3.8, 4) is 11.5 Å². The van der Waals surface area contributed by atoms with Gasteiger partial charge >= 0.3 is 0 Å². The number of nitrogens with two attached hydrogens (primary N) is 1. The summed E-state index contributed by atoms with van der Waals surface area (Å²) >= 11 is 12.4. The molecule has 0 atom stereocenters. The van der Waals surface area contributed by atoms with Crippen LogP contribution in [0.2, 0.25) is 10.2 Å². The highest BCUT2D eigenvalue weighted by atomic mass is 35.5. The maximum atomic E-state index is 6.23. The van der Waals surface area contributed by atoms with Crippen LogP contribution in [0.15, 0.2) is 12.1 Å². The van der Waals surface area contributed by atoms with Crippen LogP contribution in [0.25, 0.3) is 0 Å². The second kappa shape index (κ2) is 6.56. The molecule has 0 saturated carbocycles. The van der Waals surface area contributed by atoms with E-state index >= 15 is 0 Å². The molecule has 114 valence electrons. The number of benzene rings is 1. The SMILES string of the molecule is COc1cc(CN)cc(Cl)c1OCc1c(C)nn(C)c1Cl. The lowest BCUT2D eigenvalue weighted by Crippen LogP contribution is -2.02. The van der Waals surface area contributed by atoms with Gasteiger partial charge in [-0.1, -0.05) is 23.2 Å². The molecule has 21 heavy (non-hydrogen) atoms. The Bertz CT molecular complexity index is 656. The van der Waals surface area contributed by atoms with Gasteiger partial charge in [0.2, 0.25) is 0 Å². The zero-order chi connectivity index (χ0) is 15.6. The van der Waals surface area contributed by atoms with E-state index in [4.69, 9.17) is 38.4 Å². The first-order valence-electron chi connectivity index (χ1n) is 6.35. The van der Waals surface area contributed by atoms with Crippen LogP contribution in [0.3, 0.4) is 0 Å². The molecular weight excluding hydrogens is 313 g/mol. The summed E-state index contributed by atoms with van der Waals surface area (Å²) in [7, 11) is 3.34. The largest absolute Gasteiger partial charge is 0.493 e. The average molecular weight is 330 g/mol. The summed E-state index contributed by atoms with van der Waals surface area (Å²) in [6.45, 7) is 2.52. The summed E-state index contributed by atoms with van der Waals surface area (Å²) in [5.74, 6) is 1.01. The lowest BCUT2D eigenvalue weighted by molar-refractivity contribution is 0.284. The average Bonchev–Trinajstić information content (AvgIpc) is 2.70. The van der Waals surface area contributed by atoms with Crippen LogP contribution in [0.4, 0.5) is 0 Å². The normalized spacial score (nSPS) is 10.8. The van der Waals surface area contributed by atoms with Gasteiger partial charge < -0.3 is 15.2 Å². The first-order chi connectivity index (χ1) is 9.97. The smallest absolute Gasteiger partial charge is 0.180 e. The molecule has 1 aromatic carbocycles. The number of hydrogen-bond donors (Lipinski definition) is 1. The van der Waals surface area contributed by atoms with E-state index in [-0.39, 0.29) is 6.61 Å². The third kappa shape index (κ3) is 3.26. The van der Waals surface area contributed by atoms with E-state index < -0.39 is 0 Å². The number of aryl methyl sites for hydroxylation is 2. The quantitative estimate of drug-likeness (QED) is 0.915. The van der Waals surface area contributed by atoms with Gasteiger partial charge in [0.15, 0.2) is 11.5 Å². The van der Waals surface area contributed by atoms with Crippen molar-refractivity contribution >= 4 is 23.2 Å². The van der Waals surface area contributed by atoms with Crippen LogP contribution in [0.5, 0.6) is 11.5 Å². The second-order valence-electron chi connectivity index (χ2n) is 4.58. The highest BCUT2D eigenvalue weighted by molar-refractivity contribution is 6.32. The molecule has 2 rings (SSSR count). The maximum Gasteiger partial charge on any atom is 0.180 e. The van der Waals surface area contributed by atoms with E-state index in [1.165, 1.54) is 0 Å². The molecule has 2 N–H and O–H groups in total. The molecular formula is C14H17Cl2N3O2. The monoisotopic (exact) mass is 329 g/mol. The van der Waals surface area contributed by atoms with Crippen molar-refractivity contribution in [2.75, 3.05) is 7.11 Å². The number of rotatable bonds is 5. The van der Waals surface area contributed by atoms with Gasteiger partial charge in [-0.25, -0.2) is 0 Å². The molecule has 0 amide bonds. The Labute approximate surface area is 133 Å². The second-order valence-corrected chi connectivity index (χ2v) is 5.35. The fourth-order valence-corrected chi connectivity index (χ4v) is 2.53. The Balaban J connectivity index is 2.27. The van der Waals surface area contributed by atoms with Crippen LogP contribution in [0, 0.1) is 6.92 Å². The molecule has 2 aromatic rings. The number of ether oxygens (including phenoxy) is 2. The first kappa shape index (κ1) is 15.9. The summed E-state index contributed by atoms with van der Waals surface area (Å²) in [5.41, 5.74) is 8.13. The van der Waals surface area contributed by atoms with Gasteiger partial charge in [-0.2, -0.15) is 5.10 Å². The van der Waals surface area contributed by atoms with Crippen molar-refractivity contribution in [3.63, 3.8) is 0 Å². The molecule has 7 heteroatoms. The van der Waals surface area contributed by atoms with Crippen molar-refractivity contribution in [1.82, 2.24) is 9.78 Å². The molecule has 1 aromatic heterocycles. The lowest BCUT2D eigenvalue weighted by atomic mass is 10.2. The predicted molar refractivity (Wildman–Crippen MR) is 83.2 cm³/mol. The van der Waals surface area contributed by atoms with E-state index in [2.05, 4.69) is 5.10 Å². The summed E-state index contributed by atoms with van der Waals surface area (Å²) in [6, 6.07) is 3.57. The van der Waals surface area contributed by atoms with E-state index in [1.54, 1.807) is 31.0 Å². The summed E-state index contributed by atoms with van der Waals surface area (Å²) in [6.07, 6.45) is 0. The van der Waals surface area contributed by atoms with E-state index in [1.807, 2.05) is 6.92 Å². The summed E-state index contributed by atoms with van der Waals surface area (Å²) < 4.78 is 12.7. The summed E-state index contributed by atoms with van der Waals surface area (Å²) in [5, 5.41) is 5.23. The van der Waals surface area contributed by atoms with E-state index in [9.17, 15) is 0 Å². The third-order valence-corrected chi connectivity index (χ3v) is 3.91. The van der Waals surface area contributed by atoms with Crippen molar-refractivity contribution in [2.45, 2.75) is 20.1 Å². The van der Waals surface area contributed by atoms with Gasteiger partial charge in [-0.3, -0.25) is 4.68 Å². The zero-order valence-corrected chi connectivity index (χ0v) is 13.6. The minimum Gasteiger partial charge on any atom is -0.493 e. The van der Waals surface area contributed by atoms with Crippen LogP contribution in [-0.2, 0) is 20.2 Å². The molecule has 0 radical (unpaired) electrons. The lowest BCUT2D eigenvalue weighted by Gasteiger charge is -2.13. The van der Waals surface area contributed by atoms with E-state index in [0.717, 1.165) is 16.8 Å². The standard InChI is InChI=1S/C14H17Cl2N3O2/c1-8-10(14(16)19(2)18-8)7-21-13-11(15)4-9(6-17)5-12(13)20-3/h4-5H,6-7,17H2,1-3H3. The van der Waals surface area contributed by atoms with Crippen molar-refractivity contribution in [2.24, 2.45) is 12.8 Å². The number of nitrogens with zero attached hydrogens (tertiary/aromatic N) is 2. The van der Waals surface area contributed by atoms with Gasteiger partial charge in [-0.15, -0.1) is 0 Å². The van der Waals surface area contributed by atoms with Crippen molar-refractivity contribution in [1.29, 1.82) is 0 Å². The van der Waals surface area contributed by atoms with Crippen LogP contribution in [0.1, 0.15) is 16.8 Å². The number of halogens is 2. The fraction of sp³-hybridized carbons (Fsp3) is 0.357. The third-order valence-electron chi connectivity index (χ3n) is 3.16. The van der Waals surface area contributed by atoms with Crippen LogP contribution < -0.4 is 15.2 Å². The first-order valence-corrected chi connectivity index (χ1v) is 7.10. The summed E-state index contributed by atoms with van der Waals surface area (Å²) in [4.78, 5) is 0. The van der Waals surface area contributed by atoms with Crippen molar-refractivity contribution in [3.05, 3.63) is 39.1 Å².